The zero-order valence-corrected chi connectivity index (χ0v) is 12.8. The van der Waals surface area contributed by atoms with E-state index in [1.54, 1.807) is 6.20 Å². The summed E-state index contributed by atoms with van der Waals surface area (Å²) in [5, 5.41) is 0. The van der Waals surface area contributed by atoms with Crippen molar-refractivity contribution in [2.75, 3.05) is 19.7 Å². The molecular formula is C17H21N3O2. The molecule has 1 aliphatic rings. The van der Waals surface area contributed by atoms with Crippen LogP contribution < -0.4 is 0 Å². The smallest absolute Gasteiger partial charge is 0.374 e. The van der Waals surface area contributed by atoms with Gasteiger partial charge in [-0.1, -0.05) is 30.3 Å². The molecule has 3 rings (SSSR count). The molecule has 5 heteroatoms. The summed E-state index contributed by atoms with van der Waals surface area (Å²) < 4.78 is 7.03. The van der Waals surface area contributed by atoms with Gasteiger partial charge in [-0.05, 0) is 18.9 Å². The summed E-state index contributed by atoms with van der Waals surface area (Å²) in [7, 11) is 0. The summed E-state index contributed by atoms with van der Waals surface area (Å²) in [4.78, 5) is 18.5. The lowest BCUT2D eigenvalue weighted by molar-refractivity contribution is 0.0503. The standard InChI is InChI=1S/C17H21N3O2/c1-2-22-17(21)16-18-9-11-20(16)15-8-10-19(13-15)12-14-6-4-3-5-7-14/h3-7,9,11,15H,2,8,10,12-13H2,1H3. The number of ether oxygens (including phenoxy) is 1. The van der Waals surface area contributed by atoms with Gasteiger partial charge in [-0.3, -0.25) is 4.90 Å². The van der Waals surface area contributed by atoms with Crippen molar-refractivity contribution in [2.45, 2.75) is 25.9 Å². The minimum atomic E-state index is -0.339. The number of carbonyl (C=O) groups excluding carboxylic acids is 1. The molecule has 0 bridgehead atoms. The molecule has 5 nitrogen and oxygen atoms in total. The molecule has 1 atom stereocenters. The maximum atomic E-state index is 11.9. The fourth-order valence-electron chi connectivity index (χ4n) is 2.99. The number of esters is 1. The topological polar surface area (TPSA) is 47.4 Å². The van der Waals surface area contributed by atoms with E-state index in [9.17, 15) is 4.79 Å². The fourth-order valence-corrected chi connectivity index (χ4v) is 2.99. The number of benzene rings is 1. The highest BCUT2D eigenvalue weighted by atomic mass is 16.5. The Kier molecular flexibility index (Phi) is 4.53. The van der Waals surface area contributed by atoms with Crippen molar-refractivity contribution in [3.05, 3.63) is 54.1 Å². The van der Waals surface area contributed by atoms with Crippen LogP contribution in [0.3, 0.4) is 0 Å². The molecule has 0 aliphatic carbocycles. The van der Waals surface area contributed by atoms with E-state index in [1.165, 1.54) is 5.56 Å². The SMILES string of the molecule is CCOC(=O)c1nccn1C1CCN(Cc2ccccc2)C1. The summed E-state index contributed by atoms with van der Waals surface area (Å²) in [6.07, 6.45) is 4.57. The average Bonchev–Trinajstić information content (AvgIpc) is 3.17. The Morgan fingerprint density at radius 2 is 2.18 bits per heavy atom. The first-order valence-electron chi connectivity index (χ1n) is 7.74. The molecule has 0 amide bonds. The van der Waals surface area contributed by atoms with Crippen molar-refractivity contribution in [2.24, 2.45) is 0 Å². The molecule has 1 aromatic heterocycles. The fraction of sp³-hybridized carbons (Fsp3) is 0.412. The molecule has 1 saturated heterocycles. The van der Waals surface area contributed by atoms with Crippen molar-refractivity contribution >= 4 is 5.97 Å². The molecule has 1 aromatic carbocycles. The van der Waals surface area contributed by atoms with E-state index in [0.717, 1.165) is 26.1 Å². The number of hydrogen-bond acceptors (Lipinski definition) is 4. The van der Waals surface area contributed by atoms with Crippen LogP contribution in [-0.2, 0) is 11.3 Å². The molecule has 0 radical (unpaired) electrons. The number of hydrogen-bond donors (Lipinski definition) is 0. The minimum absolute atomic E-state index is 0.283. The van der Waals surface area contributed by atoms with Crippen molar-refractivity contribution < 1.29 is 9.53 Å². The van der Waals surface area contributed by atoms with Gasteiger partial charge >= 0.3 is 5.97 Å². The highest BCUT2D eigenvalue weighted by molar-refractivity contribution is 5.85. The predicted octanol–water partition coefficient (Wildman–Crippen LogP) is 2.51. The van der Waals surface area contributed by atoms with Crippen molar-refractivity contribution in [1.29, 1.82) is 0 Å². The van der Waals surface area contributed by atoms with Crippen LogP contribution in [0, 0.1) is 0 Å². The highest BCUT2D eigenvalue weighted by Gasteiger charge is 2.27. The second-order valence-electron chi connectivity index (χ2n) is 5.54. The van der Waals surface area contributed by atoms with Crippen molar-refractivity contribution in [3.8, 4) is 0 Å². The van der Waals surface area contributed by atoms with Gasteiger partial charge in [0, 0.05) is 38.1 Å². The lowest BCUT2D eigenvalue weighted by Crippen LogP contribution is -2.23. The maximum Gasteiger partial charge on any atom is 0.374 e. The molecule has 0 N–H and O–H groups in total. The Morgan fingerprint density at radius 3 is 2.95 bits per heavy atom. The molecular weight excluding hydrogens is 278 g/mol. The predicted molar refractivity (Wildman–Crippen MR) is 83.6 cm³/mol. The second-order valence-corrected chi connectivity index (χ2v) is 5.54. The van der Waals surface area contributed by atoms with Gasteiger partial charge in [0.25, 0.3) is 0 Å². The molecule has 22 heavy (non-hydrogen) atoms. The molecule has 1 fully saturated rings. The lowest BCUT2D eigenvalue weighted by Gasteiger charge is -2.17. The largest absolute Gasteiger partial charge is 0.460 e. The normalized spacial score (nSPS) is 18.5. The van der Waals surface area contributed by atoms with Crippen LogP contribution in [0.15, 0.2) is 42.7 Å². The number of aromatic nitrogens is 2. The summed E-state index contributed by atoms with van der Waals surface area (Å²) >= 11 is 0. The molecule has 1 unspecified atom stereocenters. The molecule has 2 heterocycles. The van der Waals surface area contributed by atoms with Crippen molar-refractivity contribution in [1.82, 2.24) is 14.5 Å². The van der Waals surface area contributed by atoms with Gasteiger partial charge < -0.3 is 9.30 Å². The zero-order valence-electron chi connectivity index (χ0n) is 12.8. The maximum absolute atomic E-state index is 11.9. The monoisotopic (exact) mass is 299 g/mol. The van der Waals surface area contributed by atoms with Crippen LogP contribution >= 0.6 is 0 Å². The third-order valence-corrected chi connectivity index (χ3v) is 4.02. The summed E-state index contributed by atoms with van der Waals surface area (Å²) in [5.41, 5.74) is 1.32. The van der Waals surface area contributed by atoms with E-state index >= 15 is 0 Å². The van der Waals surface area contributed by atoms with Crippen LogP contribution in [0.1, 0.15) is 35.6 Å². The van der Waals surface area contributed by atoms with E-state index in [1.807, 2.05) is 23.8 Å². The van der Waals surface area contributed by atoms with Gasteiger partial charge in [-0.25, -0.2) is 9.78 Å². The van der Waals surface area contributed by atoms with Gasteiger partial charge in [-0.2, -0.15) is 0 Å². The highest BCUT2D eigenvalue weighted by Crippen LogP contribution is 2.24. The van der Waals surface area contributed by atoms with Gasteiger partial charge in [-0.15, -0.1) is 0 Å². The van der Waals surface area contributed by atoms with Gasteiger partial charge in [0.2, 0.25) is 5.82 Å². The molecule has 0 saturated carbocycles. The quantitative estimate of drug-likeness (QED) is 0.796. The lowest BCUT2D eigenvalue weighted by atomic mass is 10.2. The Bertz CT molecular complexity index is 624. The van der Waals surface area contributed by atoms with Crippen LogP contribution in [0.25, 0.3) is 0 Å². The zero-order chi connectivity index (χ0) is 15.4. The van der Waals surface area contributed by atoms with Gasteiger partial charge in [0.15, 0.2) is 0 Å². The number of likely N-dealkylation sites (tertiary alicyclic amines) is 1. The van der Waals surface area contributed by atoms with Crippen LogP contribution in [0.2, 0.25) is 0 Å². The van der Waals surface area contributed by atoms with Gasteiger partial charge in [0.05, 0.1) is 6.61 Å². The first-order valence-corrected chi connectivity index (χ1v) is 7.74. The first kappa shape index (κ1) is 14.8. The summed E-state index contributed by atoms with van der Waals surface area (Å²) in [6.45, 7) is 5.08. The second kappa shape index (κ2) is 6.75. The Hall–Kier alpha value is -2.14. The Morgan fingerprint density at radius 1 is 1.36 bits per heavy atom. The van der Waals surface area contributed by atoms with E-state index in [2.05, 4.69) is 34.1 Å². The number of nitrogens with zero attached hydrogens (tertiary/aromatic N) is 3. The molecule has 0 spiro atoms. The van der Waals surface area contributed by atoms with Crippen LogP contribution in [0.4, 0.5) is 0 Å². The number of carbonyl (C=O) groups is 1. The van der Waals surface area contributed by atoms with Gasteiger partial charge in [0.1, 0.15) is 0 Å². The van der Waals surface area contributed by atoms with Crippen LogP contribution in [0.5, 0.6) is 0 Å². The molecule has 2 aromatic rings. The average molecular weight is 299 g/mol. The van der Waals surface area contributed by atoms with Crippen LogP contribution in [-0.4, -0.2) is 40.1 Å². The first-order chi connectivity index (χ1) is 10.8. The number of rotatable bonds is 5. The Balaban J connectivity index is 1.66. The van der Waals surface area contributed by atoms with E-state index in [4.69, 9.17) is 4.74 Å². The van der Waals surface area contributed by atoms with E-state index < -0.39 is 0 Å². The van der Waals surface area contributed by atoms with E-state index in [0.29, 0.717) is 12.4 Å². The number of imidazole rings is 1. The third kappa shape index (κ3) is 3.20. The minimum Gasteiger partial charge on any atom is -0.460 e. The molecule has 1 aliphatic heterocycles. The third-order valence-electron chi connectivity index (χ3n) is 4.02. The Labute approximate surface area is 130 Å². The summed E-state index contributed by atoms with van der Waals surface area (Å²) in [5.74, 6) is 0.0717. The van der Waals surface area contributed by atoms with E-state index in [-0.39, 0.29) is 12.0 Å². The van der Waals surface area contributed by atoms with Crippen molar-refractivity contribution in [3.63, 3.8) is 0 Å². The summed E-state index contributed by atoms with van der Waals surface area (Å²) in [6, 6.07) is 10.7. The molecule has 116 valence electrons.